The molecule has 0 aliphatic carbocycles. The molecule has 0 saturated carbocycles. The molecule has 1 aromatic carbocycles. The van der Waals surface area contributed by atoms with E-state index in [1.54, 1.807) is 0 Å². The number of nitrogens with zero attached hydrogens (tertiary/aromatic N) is 1. The number of hydrogen-bond donors (Lipinski definition) is 1. The van der Waals surface area contributed by atoms with Gasteiger partial charge in [-0.3, -0.25) is 4.90 Å². The maximum atomic E-state index is 3.56. The third kappa shape index (κ3) is 3.59. The number of rotatable bonds is 5. The minimum Gasteiger partial charge on any atom is -0.315 e. The fraction of sp³-hybridized carbons (Fsp3) is 0.625. The monoisotopic (exact) mass is 324 g/mol. The Hall–Kier alpha value is -0.380. The minimum absolute atomic E-state index is 0.202. The van der Waals surface area contributed by atoms with E-state index in [0.717, 1.165) is 6.42 Å². The molecule has 1 aliphatic rings. The van der Waals surface area contributed by atoms with E-state index >= 15 is 0 Å². The molecule has 1 heterocycles. The summed E-state index contributed by atoms with van der Waals surface area (Å²) in [6.07, 6.45) is 3.76. The van der Waals surface area contributed by atoms with E-state index in [1.165, 1.54) is 36.0 Å². The molecule has 0 bridgehead atoms. The van der Waals surface area contributed by atoms with Crippen LogP contribution in [0.4, 0.5) is 0 Å². The van der Waals surface area contributed by atoms with Crippen LogP contribution >= 0.6 is 15.9 Å². The molecule has 19 heavy (non-hydrogen) atoms. The Labute approximate surface area is 125 Å². The third-order valence-electron chi connectivity index (χ3n) is 4.45. The van der Waals surface area contributed by atoms with Crippen LogP contribution in [0.3, 0.4) is 0 Å². The smallest absolute Gasteiger partial charge is 0.0309 e. The van der Waals surface area contributed by atoms with Crippen molar-refractivity contribution in [1.82, 2.24) is 10.2 Å². The predicted molar refractivity (Wildman–Crippen MR) is 85.6 cm³/mol. The van der Waals surface area contributed by atoms with Crippen molar-refractivity contribution < 1.29 is 0 Å². The second-order valence-corrected chi connectivity index (χ2v) is 6.94. The van der Waals surface area contributed by atoms with E-state index in [0.29, 0.717) is 6.04 Å². The molecular weight excluding hydrogens is 300 g/mol. The highest BCUT2D eigenvalue weighted by Gasteiger charge is 2.35. The number of halogens is 1. The molecule has 1 saturated heterocycles. The SMILES string of the molecule is CNC(Cc1cccc(Br)c1)C(C)(C)N1CCCC1. The van der Waals surface area contributed by atoms with Crippen molar-refractivity contribution in [2.45, 2.75) is 44.7 Å². The molecule has 1 aromatic rings. The highest BCUT2D eigenvalue weighted by atomic mass is 79.9. The van der Waals surface area contributed by atoms with Crippen molar-refractivity contribution in [3.63, 3.8) is 0 Å². The number of likely N-dealkylation sites (N-methyl/N-ethyl adjacent to an activating group) is 1. The zero-order valence-electron chi connectivity index (χ0n) is 12.2. The summed E-state index contributed by atoms with van der Waals surface area (Å²) in [5.41, 5.74) is 1.59. The molecule has 0 radical (unpaired) electrons. The van der Waals surface area contributed by atoms with E-state index in [-0.39, 0.29) is 5.54 Å². The van der Waals surface area contributed by atoms with Crippen LogP contribution in [0.1, 0.15) is 32.3 Å². The van der Waals surface area contributed by atoms with Gasteiger partial charge in [-0.1, -0.05) is 28.1 Å². The Morgan fingerprint density at radius 2 is 2.00 bits per heavy atom. The quantitative estimate of drug-likeness (QED) is 0.892. The highest BCUT2D eigenvalue weighted by Crippen LogP contribution is 2.26. The summed E-state index contributed by atoms with van der Waals surface area (Å²) in [5.74, 6) is 0. The molecule has 0 spiro atoms. The predicted octanol–water partition coefficient (Wildman–Crippen LogP) is 3.45. The maximum Gasteiger partial charge on any atom is 0.0309 e. The lowest BCUT2D eigenvalue weighted by Crippen LogP contribution is -2.57. The summed E-state index contributed by atoms with van der Waals surface area (Å²) in [7, 11) is 2.08. The average Bonchev–Trinajstić information content (AvgIpc) is 2.90. The Kier molecular flexibility index (Phi) is 5.04. The van der Waals surface area contributed by atoms with Crippen molar-refractivity contribution >= 4 is 15.9 Å². The van der Waals surface area contributed by atoms with Crippen molar-refractivity contribution in [2.75, 3.05) is 20.1 Å². The number of nitrogens with one attached hydrogen (secondary N) is 1. The third-order valence-corrected chi connectivity index (χ3v) is 4.94. The normalized spacial score (nSPS) is 18.7. The van der Waals surface area contributed by atoms with Gasteiger partial charge in [0, 0.05) is 16.1 Å². The standard InChI is InChI=1S/C16H25BrN2/c1-16(2,19-9-4-5-10-19)15(18-3)12-13-7-6-8-14(17)11-13/h6-8,11,15,18H,4-5,9-10,12H2,1-3H3. The first-order valence-electron chi connectivity index (χ1n) is 7.21. The molecule has 2 nitrogen and oxygen atoms in total. The molecular formula is C16H25BrN2. The Bertz CT molecular complexity index is 411. The van der Waals surface area contributed by atoms with Gasteiger partial charge in [-0.15, -0.1) is 0 Å². The lowest BCUT2D eigenvalue weighted by molar-refractivity contribution is 0.110. The summed E-state index contributed by atoms with van der Waals surface area (Å²) >= 11 is 3.56. The highest BCUT2D eigenvalue weighted by molar-refractivity contribution is 9.10. The van der Waals surface area contributed by atoms with Gasteiger partial charge in [0.1, 0.15) is 0 Å². The van der Waals surface area contributed by atoms with Crippen molar-refractivity contribution in [2.24, 2.45) is 0 Å². The molecule has 1 N–H and O–H groups in total. The lowest BCUT2D eigenvalue weighted by atomic mass is 9.88. The van der Waals surface area contributed by atoms with Crippen LogP contribution in [0.2, 0.25) is 0 Å². The average molecular weight is 325 g/mol. The fourth-order valence-corrected chi connectivity index (χ4v) is 3.57. The van der Waals surface area contributed by atoms with Crippen LogP contribution in [0.5, 0.6) is 0 Å². The molecule has 1 aliphatic heterocycles. The van der Waals surface area contributed by atoms with Crippen LogP contribution in [0.25, 0.3) is 0 Å². The van der Waals surface area contributed by atoms with Gasteiger partial charge < -0.3 is 5.32 Å². The van der Waals surface area contributed by atoms with Crippen LogP contribution in [-0.4, -0.2) is 36.6 Å². The summed E-state index contributed by atoms with van der Waals surface area (Å²) in [6.45, 7) is 7.22. The van der Waals surface area contributed by atoms with Gasteiger partial charge in [-0.05, 0) is 70.9 Å². The van der Waals surface area contributed by atoms with Crippen molar-refractivity contribution in [3.05, 3.63) is 34.3 Å². The van der Waals surface area contributed by atoms with Gasteiger partial charge in [-0.25, -0.2) is 0 Å². The first kappa shape index (κ1) is 15.0. The molecule has 2 rings (SSSR count). The molecule has 0 amide bonds. The lowest BCUT2D eigenvalue weighted by Gasteiger charge is -2.42. The number of likely N-dealkylation sites (tertiary alicyclic amines) is 1. The van der Waals surface area contributed by atoms with Gasteiger partial charge in [0.15, 0.2) is 0 Å². The van der Waals surface area contributed by atoms with Gasteiger partial charge in [-0.2, -0.15) is 0 Å². The first-order valence-corrected chi connectivity index (χ1v) is 8.00. The molecule has 3 heteroatoms. The molecule has 1 unspecified atom stereocenters. The summed E-state index contributed by atoms with van der Waals surface area (Å²) in [5, 5.41) is 3.53. The minimum atomic E-state index is 0.202. The number of hydrogen-bond acceptors (Lipinski definition) is 2. The Morgan fingerprint density at radius 1 is 1.32 bits per heavy atom. The zero-order valence-corrected chi connectivity index (χ0v) is 13.8. The number of benzene rings is 1. The van der Waals surface area contributed by atoms with Crippen LogP contribution < -0.4 is 5.32 Å². The Balaban J connectivity index is 2.10. The van der Waals surface area contributed by atoms with Crippen molar-refractivity contribution in [1.29, 1.82) is 0 Å². The van der Waals surface area contributed by atoms with E-state index in [9.17, 15) is 0 Å². The molecule has 106 valence electrons. The summed E-state index contributed by atoms with van der Waals surface area (Å²) in [4.78, 5) is 2.63. The first-order chi connectivity index (χ1) is 9.04. The maximum absolute atomic E-state index is 3.56. The molecule has 0 aromatic heterocycles. The van der Waals surface area contributed by atoms with Gasteiger partial charge in [0.05, 0.1) is 0 Å². The fourth-order valence-electron chi connectivity index (χ4n) is 3.12. The van der Waals surface area contributed by atoms with Crippen LogP contribution in [0, 0.1) is 0 Å². The van der Waals surface area contributed by atoms with E-state index in [4.69, 9.17) is 0 Å². The summed E-state index contributed by atoms with van der Waals surface area (Å²) < 4.78 is 1.17. The van der Waals surface area contributed by atoms with Crippen LogP contribution in [0.15, 0.2) is 28.7 Å². The second kappa shape index (κ2) is 6.38. The zero-order chi connectivity index (χ0) is 13.9. The van der Waals surface area contributed by atoms with Gasteiger partial charge in [0.2, 0.25) is 0 Å². The van der Waals surface area contributed by atoms with Gasteiger partial charge in [0.25, 0.3) is 0 Å². The Morgan fingerprint density at radius 3 is 2.58 bits per heavy atom. The topological polar surface area (TPSA) is 15.3 Å². The van der Waals surface area contributed by atoms with Gasteiger partial charge >= 0.3 is 0 Å². The van der Waals surface area contributed by atoms with E-state index in [2.05, 4.69) is 71.3 Å². The summed E-state index contributed by atoms with van der Waals surface area (Å²) in [6, 6.07) is 9.12. The van der Waals surface area contributed by atoms with Crippen molar-refractivity contribution in [3.8, 4) is 0 Å². The second-order valence-electron chi connectivity index (χ2n) is 6.02. The van der Waals surface area contributed by atoms with E-state index in [1.807, 2.05) is 0 Å². The van der Waals surface area contributed by atoms with E-state index < -0.39 is 0 Å². The molecule has 1 fully saturated rings. The molecule has 1 atom stereocenters. The largest absolute Gasteiger partial charge is 0.315 e. The van der Waals surface area contributed by atoms with Crippen LogP contribution in [-0.2, 0) is 6.42 Å².